The van der Waals surface area contributed by atoms with Crippen molar-refractivity contribution in [1.82, 2.24) is 0 Å². The number of ether oxygens (including phenoxy) is 2. The van der Waals surface area contributed by atoms with E-state index >= 15 is 0 Å². The summed E-state index contributed by atoms with van der Waals surface area (Å²) in [6.07, 6.45) is 1.56. The lowest BCUT2D eigenvalue weighted by molar-refractivity contribution is 0.113. The minimum Gasteiger partial charge on any atom is -0.468 e. The highest BCUT2D eigenvalue weighted by Crippen LogP contribution is 2.11. The Labute approximate surface area is 79.3 Å². The maximum atomic E-state index is 5.43. The molecule has 0 aromatic rings. The Morgan fingerprint density at radius 2 is 2.50 bits per heavy atom. The van der Waals surface area contributed by atoms with E-state index in [1.54, 1.807) is 0 Å². The molecule has 0 saturated carbocycles. The minimum absolute atomic E-state index is 0.235. The molecule has 72 valence electrons. The van der Waals surface area contributed by atoms with Crippen LogP contribution in [0.1, 0.15) is 13.3 Å². The molecule has 5 heteroatoms. The fourth-order valence-electron chi connectivity index (χ4n) is 1.03. The van der Waals surface area contributed by atoms with Gasteiger partial charge < -0.3 is 13.6 Å². The van der Waals surface area contributed by atoms with Gasteiger partial charge in [0.2, 0.25) is 0 Å². The standard InChI is InChI=1S/C7H18O3Si2/c1-6(12-10-11)2-3-8-4-7-5-9-7/h6-7H,2-5,12H2,1,11H3. The fraction of sp³-hybridized carbons (Fsp3) is 1.00. The van der Waals surface area contributed by atoms with Crippen LogP contribution in [-0.2, 0) is 13.6 Å². The molecule has 0 amide bonds. The molecule has 12 heavy (non-hydrogen) atoms. The first-order valence-electron chi connectivity index (χ1n) is 4.51. The van der Waals surface area contributed by atoms with Crippen LogP contribution in [-0.4, -0.2) is 46.2 Å². The lowest BCUT2D eigenvalue weighted by Gasteiger charge is -2.08. The summed E-state index contributed by atoms with van der Waals surface area (Å²) < 4.78 is 15.7. The third kappa shape index (κ3) is 5.05. The Bertz CT molecular complexity index is 119. The number of hydrogen-bond donors (Lipinski definition) is 0. The second-order valence-electron chi connectivity index (χ2n) is 3.38. The molecule has 0 aliphatic carbocycles. The van der Waals surface area contributed by atoms with Crippen molar-refractivity contribution in [2.45, 2.75) is 25.0 Å². The van der Waals surface area contributed by atoms with Crippen LogP contribution in [0.25, 0.3) is 0 Å². The van der Waals surface area contributed by atoms with Crippen LogP contribution >= 0.6 is 0 Å². The monoisotopic (exact) mass is 206 g/mol. The van der Waals surface area contributed by atoms with E-state index in [9.17, 15) is 0 Å². The molecule has 1 rings (SSSR count). The van der Waals surface area contributed by atoms with Crippen LogP contribution in [0.4, 0.5) is 0 Å². The molecule has 0 N–H and O–H groups in total. The van der Waals surface area contributed by atoms with Crippen LogP contribution in [0.2, 0.25) is 5.54 Å². The van der Waals surface area contributed by atoms with E-state index < -0.39 is 0 Å². The van der Waals surface area contributed by atoms with Crippen molar-refractivity contribution in [2.24, 2.45) is 0 Å². The molecular weight excluding hydrogens is 188 g/mol. The Balaban J connectivity index is 1.80. The van der Waals surface area contributed by atoms with Crippen molar-refractivity contribution in [3.05, 3.63) is 0 Å². The molecule has 2 unspecified atom stereocenters. The number of epoxide rings is 1. The molecule has 0 spiro atoms. The van der Waals surface area contributed by atoms with Crippen molar-refractivity contribution in [3.63, 3.8) is 0 Å². The molecule has 3 nitrogen and oxygen atoms in total. The number of hydrogen-bond acceptors (Lipinski definition) is 3. The molecule has 1 aliphatic heterocycles. The Morgan fingerprint density at radius 1 is 1.75 bits per heavy atom. The molecule has 0 bridgehead atoms. The zero-order valence-corrected chi connectivity index (χ0v) is 11.3. The molecule has 0 aromatic carbocycles. The first-order valence-corrected chi connectivity index (χ1v) is 6.72. The smallest absolute Gasteiger partial charge is 0.148 e. The van der Waals surface area contributed by atoms with Crippen LogP contribution in [0.3, 0.4) is 0 Å². The van der Waals surface area contributed by atoms with Gasteiger partial charge in [0.05, 0.1) is 13.2 Å². The maximum absolute atomic E-state index is 5.43. The van der Waals surface area contributed by atoms with Gasteiger partial charge in [0, 0.05) is 6.61 Å². The van der Waals surface area contributed by atoms with Crippen molar-refractivity contribution in [1.29, 1.82) is 0 Å². The maximum Gasteiger partial charge on any atom is 0.148 e. The molecule has 0 aromatic heterocycles. The van der Waals surface area contributed by atoms with Gasteiger partial charge in [-0.15, -0.1) is 0 Å². The Hall–Kier alpha value is 0.314. The number of rotatable bonds is 7. The Kier molecular flexibility index (Phi) is 5.09. The van der Waals surface area contributed by atoms with E-state index in [1.807, 2.05) is 0 Å². The summed E-state index contributed by atoms with van der Waals surface area (Å²) in [5.74, 6) is 0. The van der Waals surface area contributed by atoms with Gasteiger partial charge in [-0.2, -0.15) is 0 Å². The highest BCUT2D eigenvalue weighted by Gasteiger charge is 2.22. The summed E-state index contributed by atoms with van der Waals surface area (Å²) in [5.41, 5.74) is 0.766. The van der Waals surface area contributed by atoms with Crippen LogP contribution < -0.4 is 0 Å². The summed E-state index contributed by atoms with van der Waals surface area (Å²) in [7, 11) is 0.669. The summed E-state index contributed by atoms with van der Waals surface area (Å²) in [5, 5.41) is 0. The molecule has 1 heterocycles. The van der Waals surface area contributed by atoms with Crippen molar-refractivity contribution < 1.29 is 13.6 Å². The summed E-state index contributed by atoms with van der Waals surface area (Å²) in [4.78, 5) is 0. The van der Waals surface area contributed by atoms with E-state index in [0.29, 0.717) is 6.10 Å². The summed E-state index contributed by atoms with van der Waals surface area (Å²) >= 11 is 0. The molecule has 1 saturated heterocycles. The van der Waals surface area contributed by atoms with Gasteiger partial charge in [0.15, 0.2) is 0 Å². The predicted molar refractivity (Wildman–Crippen MR) is 54.2 cm³/mol. The van der Waals surface area contributed by atoms with Crippen LogP contribution in [0, 0.1) is 0 Å². The summed E-state index contributed by atoms with van der Waals surface area (Å²) in [6, 6.07) is 0. The van der Waals surface area contributed by atoms with Gasteiger partial charge in [-0.25, -0.2) is 0 Å². The molecule has 1 aliphatic rings. The van der Waals surface area contributed by atoms with Gasteiger partial charge >= 0.3 is 0 Å². The first-order chi connectivity index (χ1) is 5.83. The third-order valence-corrected chi connectivity index (χ3v) is 4.22. The average Bonchev–Trinajstić information content (AvgIpc) is 2.82. The lowest BCUT2D eigenvalue weighted by Crippen LogP contribution is -2.08. The van der Waals surface area contributed by atoms with Gasteiger partial charge in [0.1, 0.15) is 26.4 Å². The first kappa shape index (κ1) is 10.4. The third-order valence-electron chi connectivity index (χ3n) is 1.91. The zero-order valence-electron chi connectivity index (χ0n) is 7.91. The van der Waals surface area contributed by atoms with Crippen molar-refractivity contribution in [3.8, 4) is 0 Å². The van der Waals surface area contributed by atoms with Gasteiger partial charge in [-0.05, 0) is 12.0 Å². The molecule has 0 radical (unpaired) electrons. The normalized spacial score (nSPS) is 25.2. The second kappa shape index (κ2) is 5.87. The zero-order chi connectivity index (χ0) is 8.81. The molecule has 2 atom stereocenters. The van der Waals surface area contributed by atoms with E-state index in [1.165, 1.54) is 0 Å². The van der Waals surface area contributed by atoms with Crippen molar-refractivity contribution >= 4 is 20.2 Å². The fourth-order valence-corrected chi connectivity index (χ4v) is 3.64. The van der Waals surface area contributed by atoms with E-state index in [-0.39, 0.29) is 9.76 Å². The van der Waals surface area contributed by atoms with Crippen LogP contribution in [0.5, 0.6) is 0 Å². The van der Waals surface area contributed by atoms with Gasteiger partial charge in [0.25, 0.3) is 0 Å². The quantitative estimate of drug-likeness (QED) is 0.304. The Morgan fingerprint density at radius 3 is 3.08 bits per heavy atom. The topological polar surface area (TPSA) is 31.0 Å². The van der Waals surface area contributed by atoms with Crippen molar-refractivity contribution in [2.75, 3.05) is 19.8 Å². The lowest BCUT2D eigenvalue weighted by atomic mass is 10.3. The van der Waals surface area contributed by atoms with E-state index in [4.69, 9.17) is 13.6 Å². The molecular formula is C7H18O3Si2. The summed E-state index contributed by atoms with van der Waals surface area (Å²) in [6.45, 7) is 4.81. The average molecular weight is 206 g/mol. The van der Waals surface area contributed by atoms with E-state index in [0.717, 1.165) is 42.3 Å². The van der Waals surface area contributed by atoms with Crippen LogP contribution in [0.15, 0.2) is 0 Å². The minimum atomic E-state index is -0.235. The SMILES string of the molecule is CC(CCOCC1CO1)[SiH2]O[SiH3]. The van der Waals surface area contributed by atoms with Gasteiger partial charge in [-0.1, -0.05) is 6.92 Å². The largest absolute Gasteiger partial charge is 0.468 e. The molecule has 1 fully saturated rings. The predicted octanol–water partition coefficient (Wildman–Crippen LogP) is -1.02. The van der Waals surface area contributed by atoms with E-state index in [2.05, 4.69) is 6.92 Å². The highest BCUT2D eigenvalue weighted by molar-refractivity contribution is 6.35. The highest BCUT2D eigenvalue weighted by atomic mass is 28.3. The van der Waals surface area contributed by atoms with Gasteiger partial charge in [-0.3, -0.25) is 0 Å². The second-order valence-corrected chi connectivity index (χ2v) is 7.42.